The molecule has 0 unspecified atom stereocenters. The van der Waals surface area contributed by atoms with Crippen molar-refractivity contribution in [3.05, 3.63) is 24.2 Å². The normalized spacial score (nSPS) is 29.4. The van der Waals surface area contributed by atoms with Crippen LogP contribution in [-0.4, -0.2) is 13.1 Å². The summed E-state index contributed by atoms with van der Waals surface area (Å²) in [6.07, 6.45) is 8.70. The second-order valence-corrected chi connectivity index (χ2v) is 5.62. The molecule has 0 aliphatic heterocycles. The molecule has 96 valence electrons. The molecule has 0 atom stereocenters. The van der Waals surface area contributed by atoms with Crippen molar-refractivity contribution in [1.29, 1.82) is 0 Å². The van der Waals surface area contributed by atoms with Gasteiger partial charge in [0.1, 0.15) is 0 Å². The molecule has 0 spiro atoms. The third kappa shape index (κ3) is 3.33. The first-order valence-corrected chi connectivity index (χ1v) is 6.66. The summed E-state index contributed by atoms with van der Waals surface area (Å²) < 4.78 is 5.06. The summed E-state index contributed by atoms with van der Waals surface area (Å²) in [4.78, 5) is 0. The zero-order valence-corrected chi connectivity index (χ0v) is 10.7. The van der Waals surface area contributed by atoms with Crippen molar-refractivity contribution in [2.24, 2.45) is 17.1 Å². The third-order valence-corrected chi connectivity index (χ3v) is 4.18. The van der Waals surface area contributed by atoms with Gasteiger partial charge in [0.25, 0.3) is 0 Å². The van der Waals surface area contributed by atoms with Gasteiger partial charge >= 0.3 is 0 Å². The summed E-state index contributed by atoms with van der Waals surface area (Å²) in [5.74, 6) is 0.878. The Morgan fingerprint density at radius 2 is 2.24 bits per heavy atom. The number of rotatable bonds is 5. The quantitative estimate of drug-likeness (QED) is 0.826. The van der Waals surface area contributed by atoms with Gasteiger partial charge in [-0.15, -0.1) is 0 Å². The molecule has 1 heterocycles. The van der Waals surface area contributed by atoms with Gasteiger partial charge in [0, 0.05) is 18.7 Å². The van der Waals surface area contributed by atoms with E-state index in [4.69, 9.17) is 10.2 Å². The van der Waals surface area contributed by atoms with Gasteiger partial charge < -0.3 is 15.5 Å². The monoisotopic (exact) mass is 236 g/mol. The topological polar surface area (TPSA) is 51.2 Å². The Labute approximate surface area is 104 Å². The lowest BCUT2D eigenvalue weighted by Gasteiger charge is -2.38. The van der Waals surface area contributed by atoms with E-state index in [1.54, 1.807) is 12.5 Å². The molecule has 1 fully saturated rings. The zero-order valence-electron chi connectivity index (χ0n) is 10.7. The fourth-order valence-electron chi connectivity index (χ4n) is 2.69. The Bertz CT molecular complexity index is 313. The van der Waals surface area contributed by atoms with E-state index in [2.05, 4.69) is 12.2 Å². The van der Waals surface area contributed by atoms with Crippen LogP contribution < -0.4 is 11.1 Å². The highest BCUT2D eigenvalue weighted by atomic mass is 16.3. The molecule has 0 amide bonds. The molecule has 0 radical (unpaired) electrons. The van der Waals surface area contributed by atoms with Crippen molar-refractivity contribution >= 4 is 0 Å². The Kier molecular flexibility index (Phi) is 4.24. The van der Waals surface area contributed by atoms with Crippen molar-refractivity contribution in [2.45, 2.75) is 39.2 Å². The highest BCUT2D eigenvalue weighted by Crippen LogP contribution is 2.37. The van der Waals surface area contributed by atoms with E-state index in [1.807, 2.05) is 6.07 Å². The molecule has 17 heavy (non-hydrogen) atoms. The van der Waals surface area contributed by atoms with Crippen LogP contribution in [0.2, 0.25) is 0 Å². The molecule has 3 nitrogen and oxygen atoms in total. The van der Waals surface area contributed by atoms with Gasteiger partial charge in [-0.25, -0.2) is 0 Å². The van der Waals surface area contributed by atoms with Crippen LogP contribution in [0.4, 0.5) is 0 Å². The molecule has 3 N–H and O–H groups in total. The zero-order chi connectivity index (χ0) is 12.1. The predicted octanol–water partition coefficient (Wildman–Crippen LogP) is 2.52. The van der Waals surface area contributed by atoms with Crippen LogP contribution in [0.25, 0.3) is 0 Å². The Hall–Kier alpha value is -0.800. The molecule has 0 saturated heterocycles. The SMILES string of the molecule is CC1CCC(CN)(CNCc2ccoc2)CC1. The lowest BCUT2D eigenvalue weighted by Crippen LogP contribution is -2.42. The van der Waals surface area contributed by atoms with Crippen molar-refractivity contribution in [3.63, 3.8) is 0 Å². The second kappa shape index (κ2) is 5.69. The van der Waals surface area contributed by atoms with E-state index in [0.29, 0.717) is 5.41 Å². The van der Waals surface area contributed by atoms with Gasteiger partial charge in [0.15, 0.2) is 0 Å². The minimum absolute atomic E-state index is 0.330. The summed E-state index contributed by atoms with van der Waals surface area (Å²) >= 11 is 0. The fourth-order valence-corrected chi connectivity index (χ4v) is 2.69. The summed E-state index contributed by atoms with van der Waals surface area (Å²) in [6, 6.07) is 2.01. The molecule has 0 aromatic carbocycles. The molecule has 1 aromatic heterocycles. The molecular formula is C14H24N2O. The number of nitrogens with two attached hydrogens (primary N) is 1. The van der Waals surface area contributed by atoms with Crippen molar-refractivity contribution in [2.75, 3.05) is 13.1 Å². The van der Waals surface area contributed by atoms with E-state index in [0.717, 1.165) is 25.6 Å². The van der Waals surface area contributed by atoms with Crippen molar-refractivity contribution in [3.8, 4) is 0 Å². The number of hydrogen-bond acceptors (Lipinski definition) is 3. The van der Waals surface area contributed by atoms with Crippen LogP contribution in [-0.2, 0) is 6.54 Å². The molecular weight excluding hydrogens is 212 g/mol. The Morgan fingerprint density at radius 1 is 1.47 bits per heavy atom. The first-order valence-electron chi connectivity index (χ1n) is 6.66. The van der Waals surface area contributed by atoms with E-state index >= 15 is 0 Å². The van der Waals surface area contributed by atoms with Crippen LogP contribution in [0.1, 0.15) is 38.2 Å². The van der Waals surface area contributed by atoms with Gasteiger partial charge in [-0.05, 0) is 36.8 Å². The van der Waals surface area contributed by atoms with Crippen molar-refractivity contribution in [1.82, 2.24) is 5.32 Å². The van der Waals surface area contributed by atoms with Gasteiger partial charge in [0.05, 0.1) is 12.5 Å². The van der Waals surface area contributed by atoms with Crippen LogP contribution in [0.15, 0.2) is 23.0 Å². The molecule has 1 aliphatic carbocycles. The van der Waals surface area contributed by atoms with E-state index in [9.17, 15) is 0 Å². The Morgan fingerprint density at radius 3 is 2.82 bits per heavy atom. The average molecular weight is 236 g/mol. The van der Waals surface area contributed by atoms with Gasteiger partial charge in [-0.1, -0.05) is 19.8 Å². The standard InChI is InChI=1S/C14H24N2O/c1-12-2-5-14(10-15,6-3-12)11-16-8-13-4-7-17-9-13/h4,7,9,12,16H,2-3,5-6,8,10-11,15H2,1H3. The maximum Gasteiger partial charge on any atom is 0.0947 e. The second-order valence-electron chi connectivity index (χ2n) is 5.62. The molecule has 2 rings (SSSR count). The lowest BCUT2D eigenvalue weighted by atomic mass is 9.71. The first-order chi connectivity index (χ1) is 8.24. The predicted molar refractivity (Wildman–Crippen MR) is 69.5 cm³/mol. The Balaban J connectivity index is 1.79. The average Bonchev–Trinajstić information content (AvgIpc) is 2.85. The van der Waals surface area contributed by atoms with Crippen LogP contribution in [0.3, 0.4) is 0 Å². The maximum absolute atomic E-state index is 5.98. The third-order valence-electron chi connectivity index (χ3n) is 4.18. The van der Waals surface area contributed by atoms with Crippen LogP contribution in [0.5, 0.6) is 0 Å². The highest BCUT2D eigenvalue weighted by Gasteiger charge is 2.32. The largest absolute Gasteiger partial charge is 0.472 e. The molecule has 0 bridgehead atoms. The molecule has 1 aromatic rings. The number of furan rings is 1. The molecule has 3 heteroatoms. The van der Waals surface area contributed by atoms with Gasteiger partial charge in [-0.3, -0.25) is 0 Å². The van der Waals surface area contributed by atoms with Crippen LogP contribution in [0, 0.1) is 11.3 Å². The summed E-state index contributed by atoms with van der Waals surface area (Å²) in [6.45, 7) is 5.06. The van der Waals surface area contributed by atoms with E-state index < -0.39 is 0 Å². The van der Waals surface area contributed by atoms with E-state index in [-0.39, 0.29) is 0 Å². The summed E-state index contributed by atoms with van der Waals surface area (Å²) in [5, 5.41) is 3.52. The minimum Gasteiger partial charge on any atom is -0.472 e. The first kappa shape index (κ1) is 12.7. The minimum atomic E-state index is 0.330. The molecule has 1 aliphatic rings. The maximum atomic E-state index is 5.98. The summed E-state index contributed by atoms with van der Waals surface area (Å²) in [7, 11) is 0. The van der Waals surface area contributed by atoms with Crippen LogP contribution >= 0.6 is 0 Å². The number of hydrogen-bond donors (Lipinski definition) is 2. The smallest absolute Gasteiger partial charge is 0.0947 e. The van der Waals surface area contributed by atoms with E-state index in [1.165, 1.54) is 31.2 Å². The molecule has 1 saturated carbocycles. The van der Waals surface area contributed by atoms with Gasteiger partial charge in [0.2, 0.25) is 0 Å². The van der Waals surface area contributed by atoms with Gasteiger partial charge in [-0.2, -0.15) is 0 Å². The fraction of sp³-hybridized carbons (Fsp3) is 0.714. The number of nitrogens with one attached hydrogen (secondary N) is 1. The lowest BCUT2D eigenvalue weighted by molar-refractivity contribution is 0.159. The highest BCUT2D eigenvalue weighted by molar-refractivity contribution is 5.04. The summed E-state index contributed by atoms with van der Waals surface area (Å²) in [5.41, 5.74) is 7.52. The van der Waals surface area contributed by atoms with Crippen molar-refractivity contribution < 1.29 is 4.42 Å².